The van der Waals surface area contributed by atoms with Crippen molar-refractivity contribution in [1.82, 2.24) is 5.32 Å². The molecular weight excluding hydrogens is 242 g/mol. The first kappa shape index (κ1) is 17.1. The number of aliphatic hydroxyl groups excluding tert-OH is 1. The molecule has 5 heteroatoms. The van der Waals surface area contributed by atoms with Crippen LogP contribution < -0.4 is 11.1 Å². The van der Waals surface area contributed by atoms with E-state index in [1.54, 1.807) is 6.34 Å². The van der Waals surface area contributed by atoms with Gasteiger partial charge in [-0.3, -0.25) is 4.99 Å². The zero-order valence-electron chi connectivity index (χ0n) is 12.2. The average Bonchev–Trinajstić information content (AvgIpc) is 2.36. The first-order valence-corrected chi connectivity index (χ1v) is 6.40. The van der Waals surface area contributed by atoms with E-state index >= 15 is 0 Å². The number of nitrogens with one attached hydrogen (secondary N) is 1. The topological polar surface area (TPSA) is 79.9 Å². The van der Waals surface area contributed by atoms with Crippen LogP contribution in [0.1, 0.15) is 34.1 Å². The smallest absolute Gasteiger partial charge is 0.227 e. The van der Waals surface area contributed by atoms with Gasteiger partial charge in [-0.1, -0.05) is 13.5 Å². The van der Waals surface area contributed by atoms with Crippen LogP contribution in [0.4, 0.5) is 0 Å². The molecule has 0 aromatic carbocycles. The quantitative estimate of drug-likeness (QED) is 0.273. The van der Waals surface area contributed by atoms with Gasteiger partial charge in [0.1, 0.15) is 0 Å². The van der Waals surface area contributed by atoms with Gasteiger partial charge < -0.3 is 20.9 Å². The van der Waals surface area contributed by atoms with Crippen LogP contribution in [0, 0.1) is 0 Å². The van der Waals surface area contributed by atoms with Crippen LogP contribution in [-0.2, 0) is 4.74 Å². The Bertz CT molecular complexity index is 384. The van der Waals surface area contributed by atoms with Crippen molar-refractivity contribution >= 4 is 6.34 Å². The Hall–Kier alpha value is -1.91. The van der Waals surface area contributed by atoms with E-state index in [0.717, 1.165) is 12.0 Å². The molecule has 19 heavy (non-hydrogen) atoms. The van der Waals surface area contributed by atoms with Crippen molar-refractivity contribution in [2.45, 2.75) is 40.2 Å². The van der Waals surface area contributed by atoms with Gasteiger partial charge in [0.2, 0.25) is 5.88 Å². The van der Waals surface area contributed by atoms with E-state index in [2.05, 4.69) is 16.9 Å². The number of allylic oxidation sites excluding steroid dienone is 2. The first-order valence-electron chi connectivity index (χ1n) is 6.40. The van der Waals surface area contributed by atoms with Gasteiger partial charge in [-0.05, 0) is 32.8 Å². The molecule has 4 N–H and O–H groups in total. The molecule has 0 rings (SSSR count). The molecule has 0 saturated carbocycles. The van der Waals surface area contributed by atoms with Crippen LogP contribution in [-0.4, -0.2) is 24.1 Å². The van der Waals surface area contributed by atoms with E-state index in [0.29, 0.717) is 12.2 Å². The second kappa shape index (κ2) is 9.08. The summed E-state index contributed by atoms with van der Waals surface area (Å²) in [6.45, 7) is 12.1. The summed E-state index contributed by atoms with van der Waals surface area (Å²) in [7, 11) is 0. The zero-order chi connectivity index (χ0) is 14.8. The molecule has 0 saturated heterocycles. The fourth-order valence-electron chi connectivity index (χ4n) is 1.06. The number of aliphatic imine (C=N–C) groups is 1. The lowest BCUT2D eigenvalue weighted by Gasteiger charge is -2.13. The van der Waals surface area contributed by atoms with Crippen molar-refractivity contribution in [1.29, 1.82) is 0 Å². The van der Waals surface area contributed by atoms with Gasteiger partial charge in [0, 0.05) is 18.3 Å². The molecule has 1 atom stereocenters. The van der Waals surface area contributed by atoms with Crippen LogP contribution in [0.15, 0.2) is 40.6 Å². The Morgan fingerprint density at radius 3 is 2.63 bits per heavy atom. The molecule has 0 aliphatic carbocycles. The summed E-state index contributed by atoms with van der Waals surface area (Å²) in [5.41, 5.74) is 7.05. The Kier molecular flexibility index (Phi) is 8.17. The third kappa shape index (κ3) is 7.18. The minimum atomic E-state index is -0.129. The van der Waals surface area contributed by atoms with Crippen LogP contribution in [0.5, 0.6) is 0 Å². The van der Waals surface area contributed by atoms with E-state index in [4.69, 9.17) is 10.5 Å². The fourth-order valence-corrected chi connectivity index (χ4v) is 1.06. The summed E-state index contributed by atoms with van der Waals surface area (Å²) in [6, 6.07) is 0. The van der Waals surface area contributed by atoms with Gasteiger partial charge in [0.05, 0.1) is 12.4 Å². The van der Waals surface area contributed by atoms with Crippen molar-refractivity contribution in [3.8, 4) is 0 Å². The van der Waals surface area contributed by atoms with Gasteiger partial charge in [0.15, 0.2) is 5.76 Å². The number of nitrogens with two attached hydrogens (primary N) is 1. The third-order valence-corrected chi connectivity index (χ3v) is 2.39. The van der Waals surface area contributed by atoms with Gasteiger partial charge in [-0.15, -0.1) is 0 Å². The Balaban J connectivity index is 4.95. The standard InChI is InChI=1S/C14H25N3O2/c1-6-11(5)19-14(15)13(18)8-12(10(3)4)17-9-16-7-2/h8-9,11,18H,3,6-7,15H2,1-2,4-5H3,(H,16,17)/b12-8+,14-13-. The minimum absolute atomic E-state index is 0.00216. The predicted molar refractivity (Wildman–Crippen MR) is 79.7 cm³/mol. The number of nitrogens with zero attached hydrogens (tertiary/aromatic N) is 1. The Morgan fingerprint density at radius 2 is 2.16 bits per heavy atom. The summed E-state index contributed by atoms with van der Waals surface area (Å²) in [5.74, 6) is -0.127. The molecule has 0 amide bonds. The normalized spacial score (nSPS) is 15.1. The van der Waals surface area contributed by atoms with Crippen LogP contribution in [0.25, 0.3) is 0 Å². The summed E-state index contributed by atoms with van der Waals surface area (Å²) in [4.78, 5) is 4.03. The molecule has 0 aliphatic heterocycles. The maximum Gasteiger partial charge on any atom is 0.227 e. The summed E-state index contributed by atoms with van der Waals surface area (Å²) < 4.78 is 5.34. The van der Waals surface area contributed by atoms with Crippen molar-refractivity contribution in [3.05, 3.63) is 35.6 Å². The second-order valence-electron chi connectivity index (χ2n) is 4.20. The molecule has 0 spiro atoms. The lowest BCUT2D eigenvalue weighted by atomic mass is 10.2. The molecule has 0 radical (unpaired) electrons. The van der Waals surface area contributed by atoms with Crippen molar-refractivity contribution in [2.75, 3.05) is 6.54 Å². The molecule has 0 aromatic rings. The second-order valence-corrected chi connectivity index (χ2v) is 4.20. The van der Waals surface area contributed by atoms with E-state index in [-0.39, 0.29) is 17.7 Å². The number of rotatable bonds is 8. The van der Waals surface area contributed by atoms with Gasteiger partial charge >= 0.3 is 0 Å². The van der Waals surface area contributed by atoms with Crippen LogP contribution in [0.3, 0.4) is 0 Å². The van der Waals surface area contributed by atoms with Gasteiger partial charge in [0.25, 0.3) is 0 Å². The predicted octanol–water partition coefficient (Wildman–Crippen LogP) is 2.59. The SMILES string of the molecule is C=C(C)/C(=C\C(O)=C(/N)OC(C)CC)NC=NCC. The largest absolute Gasteiger partial charge is 0.503 e. The highest BCUT2D eigenvalue weighted by Gasteiger charge is 2.06. The highest BCUT2D eigenvalue weighted by atomic mass is 16.5. The summed E-state index contributed by atoms with van der Waals surface area (Å²) in [6.07, 6.45) is 3.80. The molecule has 108 valence electrons. The first-order chi connectivity index (χ1) is 8.92. The fraction of sp³-hybridized carbons (Fsp3) is 0.500. The number of hydrogen-bond acceptors (Lipinski definition) is 4. The molecule has 0 aromatic heterocycles. The maximum atomic E-state index is 9.87. The van der Waals surface area contributed by atoms with Gasteiger partial charge in [-0.25, -0.2) is 0 Å². The average molecular weight is 267 g/mol. The lowest BCUT2D eigenvalue weighted by molar-refractivity contribution is 0.115. The minimum Gasteiger partial charge on any atom is -0.503 e. The Morgan fingerprint density at radius 1 is 1.53 bits per heavy atom. The molecule has 0 heterocycles. The number of hydrogen-bond donors (Lipinski definition) is 3. The lowest BCUT2D eigenvalue weighted by Crippen LogP contribution is -2.16. The van der Waals surface area contributed by atoms with E-state index < -0.39 is 0 Å². The Labute approximate surface area is 115 Å². The summed E-state index contributed by atoms with van der Waals surface area (Å²) >= 11 is 0. The zero-order valence-corrected chi connectivity index (χ0v) is 12.2. The monoisotopic (exact) mass is 267 g/mol. The molecule has 1 unspecified atom stereocenters. The molecular formula is C14H25N3O2. The van der Waals surface area contributed by atoms with E-state index in [1.165, 1.54) is 6.08 Å². The van der Waals surface area contributed by atoms with Crippen LogP contribution >= 0.6 is 0 Å². The maximum absolute atomic E-state index is 9.87. The highest BCUT2D eigenvalue weighted by molar-refractivity contribution is 5.59. The molecule has 0 bridgehead atoms. The summed E-state index contributed by atoms with van der Waals surface area (Å²) in [5, 5.41) is 12.8. The van der Waals surface area contributed by atoms with E-state index in [9.17, 15) is 5.11 Å². The molecule has 5 nitrogen and oxygen atoms in total. The van der Waals surface area contributed by atoms with Crippen LogP contribution in [0.2, 0.25) is 0 Å². The van der Waals surface area contributed by atoms with Crippen molar-refractivity contribution in [3.63, 3.8) is 0 Å². The highest BCUT2D eigenvalue weighted by Crippen LogP contribution is 2.10. The van der Waals surface area contributed by atoms with Crippen molar-refractivity contribution in [2.24, 2.45) is 10.7 Å². The van der Waals surface area contributed by atoms with E-state index in [1.807, 2.05) is 27.7 Å². The molecule has 0 fully saturated rings. The third-order valence-electron chi connectivity index (χ3n) is 2.39. The van der Waals surface area contributed by atoms with Crippen molar-refractivity contribution < 1.29 is 9.84 Å². The van der Waals surface area contributed by atoms with Gasteiger partial charge in [-0.2, -0.15) is 0 Å². The number of aliphatic hydroxyl groups is 1. The number of ether oxygens (including phenoxy) is 1. The molecule has 0 aliphatic rings.